The number of pyridine rings is 1. The van der Waals surface area contributed by atoms with Crippen molar-refractivity contribution in [3.8, 4) is 90.2 Å². The van der Waals surface area contributed by atoms with Gasteiger partial charge >= 0.3 is 24.7 Å². The lowest BCUT2D eigenvalue weighted by Crippen LogP contribution is -2.12. The zero-order valence-corrected chi connectivity index (χ0v) is 46.3. The summed E-state index contributed by atoms with van der Waals surface area (Å²) < 4.78 is 177. The van der Waals surface area contributed by atoms with Gasteiger partial charge in [-0.3, -0.25) is 4.98 Å². The van der Waals surface area contributed by atoms with Crippen molar-refractivity contribution in [2.75, 3.05) is 0 Å². The summed E-state index contributed by atoms with van der Waals surface area (Å²) in [5, 5.41) is 2.10. The summed E-state index contributed by atoms with van der Waals surface area (Å²) in [6.07, 6.45) is -18.8. The molecular formula is C72H40F12N6. The van der Waals surface area contributed by atoms with E-state index in [-0.39, 0.29) is 29.1 Å². The predicted molar refractivity (Wildman–Crippen MR) is 324 cm³/mol. The number of para-hydroxylation sites is 2. The van der Waals surface area contributed by atoms with Crippen molar-refractivity contribution in [2.24, 2.45) is 0 Å². The van der Waals surface area contributed by atoms with Crippen LogP contribution in [0.4, 0.5) is 52.7 Å². The van der Waals surface area contributed by atoms with Crippen molar-refractivity contribution < 1.29 is 52.7 Å². The van der Waals surface area contributed by atoms with Crippen LogP contribution in [0.15, 0.2) is 243 Å². The third-order valence-electron chi connectivity index (χ3n) is 16.0. The van der Waals surface area contributed by atoms with Gasteiger partial charge in [-0.15, -0.1) is 0 Å². The molecule has 0 aliphatic heterocycles. The molecule has 14 rings (SSSR count). The lowest BCUT2D eigenvalue weighted by atomic mass is 9.95. The van der Waals surface area contributed by atoms with Gasteiger partial charge in [-0.1, -0.05) is 152 Å². The highest BCUT2D eigenvalue weighted by Crippen LogP contribution is 2.48. The topological polar surface area (TPSA) is 61.4 Å². The van der Waals surface area contributed by atoms with Crippen LogP contribution in [0.5, 0.6) is 0 Å². The zero-order valence-electron chi connectivity index (χ0n) is 46.3. The molecule has 0 saturated heterocycles. The van der Waals surface area contributed by atoms with E-state index in [1.54, 1.807) is 60.8 Å². The molecule has 0 bridgehead atoms. The van der Waals surface area contributed by atoms with E-state index in [4.69, 9.17) is 15.0 Å². The molecule has 90 heavy (non-hydrogen) atoms. The molecule has 0 amide bonds. The number of aromatic nitrogens is 6. The van der Waals surface area contributed by atoms with Crippen molar-refractivity contribution >= 4 is 43.6 Å². The Morgan fingerprint density at radius 3 is 1.08 bits per heavy atom. The molecule has 0 atom stereocenters. The lowest BCUT2D eigenvalue weighted by Gasteiger charge is -2.21. The first kappa shape index (κ1) is 56.9. The summed E-state index contributed by atoms with van der Waals surface area (Å²) in [7, 11) is 0. The molecule has 4 heterocycles. The summed E-state index contributed by atoms with van der Waals surface area (Å²) in [6.45, 7) is 0. The molecule has 0 fully saturated rings. The third kappa shape index (κ3) is 10.2. The van der Waals surface area contributed by atoms with Gasteiger partial charge in [0.1, 0.15) is 0 Å². The normalized spacial score (nSPS) is 12.4. The molecule has 0 aliphatic rings. The number of hydrogen-bond donors (Lipinski definition) is 0. The fourth-order valence-corrected chi connectivity index (χ4v) is 11.9. The van der Waals surface area contributed by atoms with Crippen LogP contribution in [0, 0.1) is 0 Å². The molecule has 0 spiro atoms. The summed E-state index contributed by atoms with van der Waals surface area (Å²) in [5.74, 6) is 1.00. The lowest BCUT2D eigenvalue weighted by molar-refractivity contribution is -0.144. The molecule has 0 radical (unpaired) electrons. The Balaban J connectivity index is 1.05. The maximum atomic E-state index is 14.9. The monoisotopic (exact) mass is 1220 g/mol. The Hall–Kier alpha value is -10.9. The van der Waals surface area contributed by atoms with E-state index >= 15 is 0 Å². The molecule has 442 valence electrons. The quantitative estimate of drug-likeness (QED) is 0.135. The molecule has 18 heteroatoms. The number of nitrogens with zero attached hydrogens (tertiary/aromatic N) is 6. The SMILES string of the molecule is FC(F)(F)c1ccc(-c2ccc3c(c2)c2ccccc2n3-c2cc(-c3ccccn3)ccc2-c2ccc(-c3nc(-c4ccccc4)nc(-c4ccccc4)n3)cc2-n2c3ccccc3c3cc(-c4ccc(C(F)(F)F)cc4C(F)(F)F)ccc32)c(C(F)(F)F)c1. The van der Waals surface area contributed by atoms with E-state index in [0.717, 1.165) is 12.1 Å². The maximum Gasteiger partial charge on any atom is 0.417 e. The zero-order chi connectivity index (χ0) is 62.4. The molecule has 6 nitrogen and oxygen atoms in total. The van der Waals surface area contributed by atoms with E-state index in [0.29, 0.717) is 118 Å². The number of benzene rings is 10. The van der Waals surface area contributed by atoms with Crippen LogP contribution in [-0.2, 0) is 24.7 Å². The molecule has 4 aromatic heterocycles. The first-order valence-corrected chi connectivity index (χ1v) is 27.9. The Morgan fingerprint density at radius 2 is 0.644 bits per heavy atom. The Morgan fingerprint density at radius 1 is 0.267 bits per heavy atom. The average molecular weight is 1220 g/mol. The number of halogens is 12. The maximum absolute atomic E-state index is 14.9. The molecule has 0 N–H and O–H groups in total. The van der Waals surface area contributed by atoms with Crippen LogP contribution in [0.25, 0.3) is 134 Å². The van der Waals surface area contributed by atoms with Crippen molar-refractivity contribution in [3.05, 3.63) is 265 Å². The van der Waals surface area contributed by atoms with Gasteiger partial charge < -0.3 is 9.13 Å². The van der Waals surface area contributed by atoms with Crippen molar-refractivity contribution in [1.82, 2.24) is 29.1 Å². The standard InChI is InChI=1S/C72H40F12N6/c73-69(74,75)47-26-30-49(57(39-47)71(79,80)81)43-24-32-62-55(35-43)51-17-7-9-20-60(51)89(62)64-37-45(59-19-11-12-34-85-59)22-28-53(64)54-29-23-46(68-87-66(41-13-3-1-4-14-41)86-67(88-68)42-15-5-2-6-16-42)38-65(54)90-61-21-10-8-18-52(61)56-36-44(25-33-63(56)90)50-31-27-48(70(76,77)78)40-58(50)72(82,83)84/h1-40H. The Kier molecular flexibility index (Phi) is 13.6. The fourth-order valence-electron chi connectivity index (χ4n) is 11.9. The molecular weight excluding hydrogens is 1180 g/mol. The fraction of sp³-hybridized carbons (Fsp3) is 0.0556. The van der Waals surface area contributed by atoms with E-state index in [1.165, 1.54) is 24.3 Å². The van der Waals surface area contributed by atoms with Crippen LogP contribution in [0.1, 0.15) is 22.3 Å². The highest BCUT2D eigenvalue weighted by molar-refractivity contribution is 6.13. The third-order valence-corrected chi connectivity index (χ3v) is 16.0. The summed E-state index contributed by atoms with van der Waals surface area (Å²) in [5.41, 5.74) is 0.776. The van der Waals surface area contributed by atoms with E-state index in [9.17, 15) is 52.7 Å². The van der Waals surface area contributed by atoms with Crippen LogP contribution in [0.2, 0.25) is 0 Å². The van der Waals surface area contributed by atoms with Gasteiger partial charge in [-0.2, -0.15) is 52.7 Å². The van der Waals surface area contributed by atoms with Crippen molar-refractivity contribution in [1.29, 1.82) is 0 Å². The Labute approximate surface area is 503 Å². The van der Waals surface area contributed by atoms with E-state index in [2.05, 4.69) is 4.98 Å². The predicted octanol–water partition coefficient (Wildman–Crippen LogP) is 21.2. The first-order valence-electron chi connectivity index (χ1n) is 27.9. The Bertz CT molecular complexity index is 5070. The van der Waals surface area contributed by atoms with Crippen LogP contribution >= 0.6 is 0 Å². The van der Waals surface area contributed by atoms with Crippen LogP contribution in [0.3, 0.4) is 0 Å². The van der Waals surface area contributed by atoms with E-state index < -0.39 is 58.1 Å². The number of fused-ring (bicyclic) bond motifs is 6. The minimum Gasteiger partial charge on any atom is -0.309 e. The molecule has 0 aliphatic carbocycles. The average Bonchev–Trinajstić information content (AvgIpc) is 1.55. The van der Waals surface area contributed by atoms with Gasteiger partial charge in [0.15, 0.2) is 17.5 Å². The van der Waals surface area contributed by atoms with Gasteiger partial charge in [0, 0.05) is 61.1 Å². The van der Waals surface area contributed by atoms with Gasteiger partial charge in [-0.25, -0.2) is 15.0 Å². The minimum atomic E-state index is -5.17. The summed E-state index contributed by atoms with van der Waals surface area (Å²) in [4.78, 5) is 19.7. The minimum absolute atomic E-state index is 0.00219. The van der Waals surface area contributed by atoms with Crippen LogP contribution < -0.4 is 0 Å². The van der Waals surface area contributed by atoms with Crippen molar-refractivity contribution in [3.63, 3.8) is 0 Å². The number of rotatable bonds is 9. The second-order valence-electron chi connectivity index (χ2n) is 21.4. The summed E-state index contributed by atoms with van der Waals surface area (Å²) in [6, 6.07) is 62.2. The highest BCUT2D eigenvalue weighted by Gasteiger charge is 2.40. The number of alkyl halides is 12. The molecule has 0 unspecified atom stereocenters. The molecule has 0 saturated carbocycles. The van der Waals surface area contributed by atoms with Gasteiger partial charge in [0.25, 0.3) is 0 Å². The largest absolute Gasteiger partial charge is 0.417 e. The first-order chi connectivity index (χ1) is 43.2. The van der Waals surface area contributed by atoms with Crippen molar-refractivity contribution in [2.45, 2.75) is 24.7 Å². The smallest absolute Gasteiger partial charge is 0.309 e. The second kappa shape index (κ2) is 21.5. The van der Waals surface area contributed by atoms with Crippen LogP contribution in [-0.4, -0.2) is 29.1 Å². The number of hydrogen-bond acceptors (Lipinski definition) is 4. The molecule has 14 aromatic rings. The molecule has 10 aromatic carbocycles. The highest BCUT2D eigenvalue weighted by atomic mass is 19.4. The van der Waals surface area contributed by atoms with Gasteiger partial charge in [0.2, 0.25) is 0 Å². The van der Waals surface area contributed by atoms with Gasteiger partial charge in [-0.05, 0) is 107 Å². The second-order valence-corrected chi connectivity index (χ2v) is 21.4. The van der Waals surface area contributed by atoms with Gasteiger partial charge in [0.05, 0.1) is 61.4 Å². The van der Waals surface area contributed by atoms with E-state index in [1.807, 2.05) is 130 Å². The summed E-state index contributed by atoms with van der Waals surface area (Å²) >= 11 is 0.